The number of benzene rings is 1. The summed E-state index contributed by atoms with van der Waals surface area (Å²) in [5.74, 6) is 0.986. The highest BCUT2D eigenvalue weighted by Gasteiger charge is 2.28. The molecular formula is C19H30N2O2. The second-order valence-electron chi connectivity index (χ2n) is 7.80. The van der Waals surface area contributed by atoms with Crippen LogP contribution in [0.5, 0.6) is 5.75 Å². The van der Waals surface area contributed by atoms with Crippen molar-refractivity contribution < 1.29 is 9.53 Å². The van der Waals surface area contributed by atoms with Crippen LogP contribution < -0.4 is 15.8 Å². The van der Waals surface area contributed by atoms with Crippen molar-refractivity contribution in [3.05, 3.63) is 40.7 Å². The van der Waals surface area contributed by atoms with Gasteiger partial charge in [-0.3, -0.25) is 4.79 Å². The van der Waals surface area contributed by atoms with Crippen LogP contribution in [0.3, 0.4) is 0 Å². The molecule has 1 rings (SSSR count). The number of ether oxygens (including phenoxy) is 1. The maximum absolute atomic E-state index is 12.5. The number of carbonyl (C=O) groups excluding carboxylic acids is 1. The summed E-state index contributed by atoms with van der Waals surface area (Å²) in [7, 11) is 1.68. The van der Waals surface area contributed by atoms with Crippen LogP contribution in [0.2, 0.25) is 0 Å². The molecule has 0 atom stereocenters. The van der Waals surface area contributed by atoms with Crippen LogP contribution in [0.25, 0.3) is 0 Å². The van der Waals surface area contributed by atoms with E-state index in [-0.39, 0.29) is 16.7 Å². The van der Waals surface area contributed by atoms with Gasteiger partial charge in [-0.05, 0) is 36.0 Å². The SMILES string of the molecule is CC=C(N)NC(=O)c1cc(C(C)(C)C)c(OC)c(C(C)(C)C)c1. The van der Waals surface area contributed by atoms with Gasteiger partial charge in [0, 0.05) is 16.7 Å². The number of allylic oxidation sites excluding steroid dienone is 1. The van der Waals surface area contributed by atoms with E-state index in [4.69, 9.17) is 10.5 Å². The largest absolute Gasteiger partial charge is 0.496 e. The first kappa shape index (κ1) is 19.1. The summed E-state index contributed by atoms with van der Waals surface area (Å²) in [5, 5.41) is 2.70. The van der Waals surface area contributed by atoms with Crippen LogP contribution in [0.15, 0.2) is 24.0 Å². The molecule has 1 aromatic carbocycles. The average molecular weight is 318 g/mol. The van der Waals surface area contributed by atoms with Crippen molar-refractivity contribution in [2.24, 2.45) is 5.73 Å². The van der Waals surface area contributed by atoms with Crippen molar-refractivity contribution in [1.29, 1.82) is 0 Å². The number of nitrogens with one attached hydrogen (secondary N) is 1. The van der Waals surface area contributed by atoms with Gasteiger partial charge in [-0.25, -0.2) is 0 Å². The zero-order valence-corrected chi connectivity index (χ0v) is 15.6. The Bertz CT molecular complexity index is 582. The third-order valence-corrected chi connectivity index (χ3v) is 3.74. The van der Waals surface area contributed by atoms with Crippen LogP contribution in [0.1, 0.15) is 70.0 Å². The summed E-state index contributed by atoms with van der Waals surface area (Å²) in [6.45, 7) is 14.4. The van der Waals surface area contributed by atoms with E-state index < -0.39 is 0 Å². The van der Waals surface area contributed by atoms with Crippen LogP contribution >= 0.6 is 0 Å². The summed E-state index contributed by atoms with van der Waals surface area (Å²) >= 11 is 0. The minimum Gasteiger partial charge on any atom is -0.496 e. The monoisotopic (exact) mass is 318 g/mol. The van der Waals surface area contributed by atoms with E-state index in [1.165, 1.54) is 0 Å². The van der Waals surface area contributed by atoms with Gasteiger partial charge >= 0.3 is 0 Å². The fourth-order valence-electron chi connectivity index (χ4n) is 2.37. The second kappa shape index (κ2) is 6.65. The van der Waals surface area contributed by atoms with Gasteiger partial charge in [0.2, 0.25) is 0 Å². The molecule has 0 unspecified atom stereocenters. The third kappa shape index (κ3) is 4.50. The van der Waals surface area contributed by atoms with Crippen LogP contribution in [-0.4, -0.2) is 13.0 Å². The molecule has 3 N–H and O–H groups in total. The van der Waals surface area contributed by atoms with E-state index in [0.29, 0.717) is 11.4 Å². The molecule has 0 aliphatic rings. The highest BCUT2D eigenvalue weighted by atomic mass is 16.5. The van der Waals surface area contributed by atoms with Crippen molar-refractivity contribution >= 4 is 5.91 Å². The van der Waals surface area contributed by atoms with Crippen molar-refractivity contribution in [2.75, 3.05) is 7.11 Å². The third-order valence-electron chi connectivity index (χ3n) is 3.74. The van der Waals surface area contributed by atoms with E-state index in [1.807, 2.05) is 12.1 Å². The highest BCUT2D eigenvalue weighted by Crippen LogP contribution is 2.40. The van der Waals surface area contributed by atoms with Gasteiger partial charge in [-0.15, -0.1) is 0 Å². The molecule has 0 heterocycles. The molecule has 0 bridgehead atoms. The molecule has 4 nitrogen and oxygen atoms in total. The van der Waals surface area contributed by atoms with Crippen molar-refractivity contribution in [2.45, 2.75) is 59.3 Å². The van der Waals surface area contributed by atoms with Gasteiger partial charge in [-0.1, -0.05) is 41.5 Å². The van der Waals surface area contributed by atoms with E-state index in [1.54, 1.807) is 20.1 Å². The second-order valence-corrected chi connectivity index (χ2v) is 7.80. The van der Waals surface area contributed by atoms with Gasteiger partial charge in [-0.2, -0.15) is 0 Å². The number of amides is 1. The standard InChI is InChI=1S/C19H30N2O2/c1-9-15(20)21-17(22)12-10-13(18(2,3)4)16(23-8)14(11-12)19(5,6)7/h9-11H,20H2,1-8H3,(H,21,22). The molecule has 0 aromatic heterocycles. The highest BCUT2D eigenvalue weighted by molar-refractivity contribution is 5.96. The fourth-order valence-corrected chi connectivity index (χ4v) is 2.37. The Hall–Kier alpha value is -1.97. The Morgan fingerprint density at radius 2 is 1.52 bits per heavy atom. The number of hydrogen-bond acceptors (Lipinski definition) is 3. The van der Waals surface area contributed by atoms with Gasteiger partial charge in [0.25, 0.3) is 5.91 Å². The maximum atomic E-state index is 12.5. The molecule has 1 amide bonds. The van der Waals surface area contributed by atoms with E-state index in [0.717, 1.165) is 16.9 Å². The Morgan fingerprint density at radius 3 is 1.83 bits per heavy atom. The minimum absolute atomic E-state index is 0.145. The average Bonchev–Trinajstić information content (AvgIpc) is 2.43. The summed E-state index contributed by atoms with van der Waals surface area (Å²) < 4.78 is 5.70. The topological polar surface area (TPSA) is 64.3 Å². The number of methoxy groups -OCH3 is 1. The molecule has 4 heteroatoms. The zero-order chi connectivity index (χ0) is 18.0. The number of hydrogen-bond donors (Lipinski definition) is 2. The lowest BCUT2D eigenvalue weighted by atomic mass is 9.78. The number of rotatable bonds is 3. The van der Waals surface area contributed by atoms with Gasteiger partial charge in [0.15, 0.2) is 0 Å². The van der Waals surface area contributed by atoms with Crippen LogP contribution in [-0.2, 0) is 10.8 Å². The Balaban J connectivity index is 3.60. The zero-order valence-electron chi connectivity index (χ0n) is 15.6. The quantitative estimate of drug-likeness (QED) is 0.890. The summed E-state index contributed by atoms with van der Waals surface area (Å²) in [5.41, 5.74) is 8.04. The van der Waals surface area contributed by atoms with E-state index >= 15 is 0 Å². The van der Waals surface area contributed by atoms with E-state index in [9.17, 15) is 4.79 Å². The molecule has 0 spiro atoms. The van der Waals surface area contributed by atoms with Crippen molar-refractivity contribution in [1.82, 2.24) is 5.32 Å². The van der Waals surface area contributed by atoms with Gasteiger partial charge in [0.1, 0.15) is 5.75 Å². The Labute approximate surface area is 140 Å². The first-order valence-electron chi connectivity index (χ1n) is 7.88. The maximum Gasteiger partial charge on any atom is 0.256 e. The minimum atomic E-state index is -0.209. The lowest BCUT2D eigenvalue weighted by Crippen LogP contribution is -2.28. The molecule has 128 valence electrons. The first-order valence-corrected chi connectivity index (χ1v) is 7.88. The predicted molar refractivity (Wildman–Crippen MR) is 95.8 cm³/mol. The smallest absolute Gasteiger partial charge is 0.256 e. The summed E-state index contributed by atoms with van der Waals surface area (Å²) in [4.78, 5) is 12.5. The van der Waals surface area contributed by atoms with E-state index in [2.05, 4.69) is 46.9 Å². The predicted octanol–water partition coefficient (Wildman–Crippen LogP) is 3.84. The molecular weight excluding hydrogens is 288 g/mol. The molecule has 23 heavy (non-hydrogen) atoms. The van der Waals surface area contributed by atoms with Crippen LogP contribution in [0.4, 0.5) is 0 Å². The normalized spacial score (nSPS) is 13.0. The summed E-state index contributed by atoms with van der Waals surface area (Å²) in [6.07, 6.45) is 1.66. The summed E-state index contributed by atoms with van der Waals surface area (Å²) in [6, 6.07) is 3.79. The number of carbonyl (C=O) groups is 1. The van der Waals surface area contributed by atoms with Crippen molar-refractivity contribution in [3.8, 4) is 5.75 Å². The van der Waals surface area contributed by atoms with Crippen molar-refractivity contribution in [3.63, 3.8) is 0 Å². The fraction of sp³-hybridized carbons (Fsp3) is 0.526. The molecule has 0 fully saturated rings. The van der Waals surface area contributed by atoms with Crippen LogP contribution in [0, 0.1) is 0 Å². The number of nitrogens with two attached hydrogens (primary N) is 1. The molecule has 0 aliphatic heterocycles. The van der Waals surface area contributed by atoms with Gasteiger partial charge in [0.05, 0.1) is 12.9 Å². The van der Waals surface area contributed by atoms with Gasteiger partial charge < -0.3 is 15.8 Å². The lowest BCUT2D eigenvalue weighted by Gasteiger charge is -2.29. The first-order chi connectivity index (χ1) is 10.4. The molecule has 0 saturated carbocycles. The lowest BCUT2D eigenvalue weighted by molar-refractivity contribution is 0.0965. The molecule has 0 radical (unpaired) electrons. The Morgan fingerprint density at radius 1 is 1.09 bits per heavy atom. The Kier molecular flexibility index (Phi) is 5.51. The molecule has 0 aliphatic carbocycles. The molecule has 1 aromatic rings. The molecule has 0 saturated heterocycles.